The van der Waals surface area contributed by atoms with E-state index in [1.54, 1.807) is 19.1 Å². The molecule has 1 aromatic carbocycles. The molecular formula is C14H15ClN4O3. The average Bonchev–Trinajstić information content (AvgIpc) is 2.83. The molecule has 0 atom stereocenters. The Morgan fingerprint density at radius 2 is 2.09 bits per heavy atom. The number of aryl methyl sites for hydroxylation is 1. The lowest BCUT2D eigenvalue weighted by Crippen LogP contribution is -2.30. The third-order valence-corrected chi connectivity index (χ3v) is 3.35. The predicted molar refractivity (Wildman–Crippen MR) is 81.8 cm³/mol. The molecule has 0 radical (unpaired) electrons. The molecule has 0 bridgehead atoms. The average molecular weight is 323 g/mol. The van der Waals surface area contributed by atoms with Crippen LogP contribution in [0.4, 0.5) is 5.82 Å². The quantitative estimate of drug-likeness (QED) is 0.651. The zero-order chi connectivity index (χ0) is 16.1. The van der Waals surface area contributed by atoms with Crippen molar-refractivity contribution in [3.63, 3.8) is 0 Å². The fourth-order valence-electron chi connectivity index (χ4n) is 1.93. The van der Waals surface area contributed by atoms with Crippen molar-refractivity contribution in [2.75, 3.05) is 6.54 Å². The van der Waals surface area contributed by atoms with Crippen LogP contribution >= 0.6 is 11.6 Å². The standard InChI is InChI=1S/C14H15ClN4O3/c1-10-8-13(19(21)22)17-18(10)9-14(20)16-7-6-11-2-4-12(15)5-3-11/h2-5,8H,6-7,9H2,1H3,(H,16,20). The minimum Gasteiger partial charge on any atom is -0.358 e. The number of aromatic nitrogens is 2. The van der Waals surface area contributed by atoms with E-state index in [9.17, 15) is 14.9 Å². The number of hydrogen-bond acceptors (Lipinski definition) is 4. The molecule has 0 aliphatic carbocycles. The number of nitrogens with one attached hydrogen (secondary N) is 1. The van der Waals surface area contributed by atoms with Gasteiger partial charge in [0.15, 0.2) is 0 Å². The lowest BCUT2D eigenvalue weighted by Gasteiger charge is -2.05. The molecule has 0 unspecified atom stereocenters. The highest BCUT2D eigenvalue weighted by molar-refractivity contribution is 6.30. The molecule has 0 saturated heterocycles. The van der Waals surface area contributed by atoms with Crippen molar-refractivity contribution in [3.8, 4) is 0 Å². The van der Waals surface area contributed by atoms with Crippen LogP contribution in [0.5, 0.6) is 0 Å². The number of carbonyl (C=O) groups is 1. The number of nitrogens with zero attached hydrogens (tertiary/aromatic N) is 3. The SMILES string of the molecule is Cc1cc([N+](=O)[O-])nn1CC(=O)NCCc1ccc(Cl)cc1. The topological polar surface area (TPSA) is 90.1 Å². The summed E-state index contributed by atoms with van der Waals surface area (Å²) < 4.78 is 1.32. The summed E-state index contributed by atoms with van der Waals surface area (Å²) in [5, 5.41) is 17.8. The summed E-state index contributed by atoms with van der Waals surface area (Å²) in [5.41, 5.74) is 1.63. The Kier molecular flexibility index (Phi) is 5.11. The Morgan fingerprint density at radius 1 is 1.41 bits per heavy atom. The van der Waals surface area contributed by atoms with Gasteiger partial charge >= 0.3 is 5.82 Å². The number of nitro groups is 1. The third-order valence-electron chi connectivity index (χ3n) is 3.10. The molecule has 1 N–H and O–H groups in total. The van der Waals surface area contributed by atoms with Crippen LogP contribution in [0.2, 0.25) is 5.02 Å². The second kappa shape index (κ2) is 7.04. The smallest absolute Gasteiger partial charge is 0.358 e. The normalized spacial score (nSPS) is 10.5. The van der Waals surface area contributed by atoms with Crippen molar-refractivity contribution in [2.24, 2.45) is 0 Å². The minimum atomic E-state index is -0.581. The van der Waals surface area contributed by atoms with Crippen LogP contribution in [-0.4, -0.2) is 27.2 Å². The van der Waals surface area contributed by atoms with Crippen LogP contribution in [0, 0.1) is 17.0 Å². The number of halogens is 1. The van der Waals surface area contributed by atoms with Gasteiger partial charge in [0.1, 0.15) is 6.54 Å². The van der Waals surface area contributed by atoms with Crippen LogP contribution in [0.15, 0.2) is 30.3 Å². The highest BCUT2D eigenvalue weighted by Crippen LogP contribution is 2.11. The van der Waals surface area contributed by atoms with E-state index < -0.39 is 4.92 Å². The summed E-state index contributed by atoms with van der Waals surface area (Å²) in [5.74, 6) is -0.499. The first-order valence-electron chi connectivity index (χ1n) is 6.65. The van der Waals surface area contributed by atoms with Gasteiger partial charge in [0.05, 0.1) is 16.9 Å². The van der Waals surface area contributed by atoms with E-state index in [0.29, 0.717) is 23.7 Å². The van der Waals surface area contributed by atoms with Gasteiger partial charge in [-0.1, -0.05) is 23.7 Å². The summed E-state index contributed by atoms with van der Waals surface area (Å²) in [7, 11) is 0. The first-order chi connectivity index (χ1) is 10.5. The molecule has 0 fully saturated rings. The lowest BCUT2D eigenvalue weighted by atomic mass is 10.1. The highest BCUT2D eigenvalue weighted by atomic mass is 35.5. The van der Waals surface area contributed by atoms with Gasteiger partial charge in [-0.25, -0.2) is 0 Å². The zero-order valence-electron chi connectivity index (χ0n) is 12.0. The van der Waals surface area contributed by atoms with Crippen molar-refractivity contribution in [1.29, 1.82) is 0 Å². The zero-order valence-corrected chi connectivity index (χ0v) is 12.7. The molecule has 0 aliphatic rings. The van der Waals surface area contributed by atoms with E-state index in [0.717, 1.165) is 5.56 Å². The molecule has 8 heteroatoms. The summed E-state index contributed by atoms with van der Waals surface area (Å²) in [6, 6.07) is 8.72. The Morgan fingerprint density at radius 3 is 2.68 bits per heavy atom. The minimum absolute atomic E-state index is 0.0414. The molecule has 2 aromatic rings. The molecule has 22 heavy (non-hydrogen) atoms. The molecule has 116 valence electrons. The Labute approximate surface area is 132 Å². The van der Waals surface area contributed by atoms with Crippen molar-refractivity contribution < 1.29 is 9.72 Å². The van der Waals surface area contributed by atoms with Crippen LogP contribution in [-0.2, 0) is 17.8 Å². The van der Waals surface area contributed by atoms with E-state index in [-0.39, 0.29) is 18.3 Å². The third kappa shape index (κ3) is 4.29. The Bertz CT molecular complexity index is 682. The van der Waals surface area contributed by atoms with E-state index in [4.69, 9.17) is 11.6 Å². The van der Waals surface area contributed by atoms with Gasteiger partial charge in [0, 0.05) is 11.6 Å². The van der Waals surface area contributed by atoms with Gasteiger partial charge in [-0.2, -0.15) is 4.68 Å². The summed E-state index contributed by atoms with van der Waals surface area (Å²) >= 11 is 5.80. The first kappa shape index (κ1) is 16.0. The summed E-state index contributed by atoms with van der Waals surface area (Å²) in [4.78, 5) is 21.9. The van der Waals surface area contributed by atoms with Crippen molar-refractivity contribution >= 4 is 23.3 Å². The van der Waals surface area contributed by atoms with Gasteiger partial charge in [-0.05, 0) is 36.0 Å². The second-order valence-electron chi connectivity index (χ2n) is 4.79. The van der Waals surface area contributed by atoms with Crippen LogP contribution in [0.25, 0.3) is 0 Å². The number of carbonyl (C=O) groups excluding carboxylic acids is 1. The monoisotopic (exact) mass is 322 g/mol. The van der Waals surface area contributed by atoms with Crippen LogP contribution in [0.3, 0.4) is 0 Å². The number of benzene rings is 1. The molecule has 0 aliphatic heterocycles. The van der Waals surface area contributed by atoms with Crippen molar-refractivity contribution in [3.05, 3.63) is 56.7 Å². The van der Waals surface area contributed by atoms with Crippen molar-refractivity contribution in [2.45, 2.75) is 19.9 Å². The van der Waals surface area contributed by atoms with Gasteiger partial charge in [0.2, 0.25) is 5.91 Å². The second-order valence-corrected chi connectivity index (χ2v) is 5.22. The van der Waals surface area contributed by atoms with Gasteiger partial charge in [-0.3, -0.25) is 4.79 Å². The Balaban J connectivity index is 1.83. The highest BCUT2D eigenvalue weighted by Gasteiger charge is 2.17. The number of amides is 1. The fraction of sp³-hybridized carbons (Fsp3) is 0.286. The molecule has 1 amide bonds. The fourth-order valence-corrected chi connectivity index (χ4v) is 2.06. The van der Waals surface area contributed by atoms with Gasteiger partial charge in [0.25, 0.3) is 0 Å². The molecule has 2 rings (SSSR count). The molecule has 7 nitrogen and oxygen atoms in total. The molecule has 1 heterocycles. The number of rotatable bonds is 6. The predicted octanol–water partition coefficient (Wildman–Crippen LogP) is 2.11. The summed E-state index contributed by atoms with van der Waals surface area (Å²) in [6.45, 7) is 2.10. The van der Waals surface area contributed by atoms with E-state index in [1.807, 2.05) is 12.1 Å². The van der Waals surface area contributed by atoms with Gasteiger partial charge in [-0.15, -0.1) is 0 Å². The van der Waals surface area contributed by atoms with E-state index in [2.05, 4.69) is 10.4 Å². The number of hydrogen-bond donors (Lipinski definition) is 1. The maximum absolute atomic E-state index is 11.8. The van der Waals surface area contributed by atoms with Gasteiger partial charge < -0.3 is 15.4 Å². The van der Waals surface area contributed by atoms with Crippen molar-refractivity contribution in [1.82, 2.24) is 15.1 Å². The first-order valence-corrected chi connectivity index (χ1v) is 7.03. The summed E-state index contributed by atoms with van der Waals surface area (Å²) in [6.07, 6.45) is 0.682. The maximum Gasteiger partial charge on any atom is 0.390 e. The maximum atomic E-state index is 11.8. The molecular weight excluding hydrogens is 308 g/mol. The van der Waals surface area contributed by atoms with Crippen LogP contribution < -0.4 is 5.32 Å². The van der Waals surface area contributed by atoms with E-state index >= 15 is 0 Å². The largest absolute Gasteiger partial charge is 0.390 e. The lowest BCUT2D eigenvalue weighted by molar-refractivity contribution is -0.389. The molecule has 0 spiro atoms. The van der Waals surface area contributed by atoms with E-state index in [1.165, 1.54) is 10.7 Å². The Hall–Kier alpha value is -2.41. The molecule has 0 saturated carbocycles. The molecule has 1 aromatic heterocycles. The van der Waals surface area contributed by atoms with Crippen LogP contribution in [0.1, 0.15) is 11.3 Å².